The van der Waals surface area contributed by atoms with Crippen LogP contribution in [-0.2, 0) is 21.3 Å². The van der Waals surface area contributed by atoms with Crippen LogP contribution in [0.2, 0.25) is 0 Å². The minimum atomic E-state index is -3.13. The average molecular weight is 335 g/mol. The number of sulfonamides is 1. The Balaban J connectivity index is 1.77. The SMILES string of the molecule is CN(C)S(=O)(=O)CCCSc1nnnn1C[C@@H]1CCCO1. The molecule has 120 valence electrons. The van der Waals surface area contributed by atoms with E-state index in [2.05, 4.69) is 15.5 Å². The fourth-order valence-electron chi connectivity index (χ4n) is 1.98. The normalized spacial score (nSPS) is 19.5. The molecule has 0 N–H and O–H groups in total. The first-order valence-corrected chi connectivity index (χ1v) is 9.49. The van der Waals surface area contributed by atoms with Crippen LogP contribution in [0.25, 0.3) is 0 Å². The molecule has 1 aromatic rings. The Kier molecular flexibility index (Phi) is 5.97. The molecule has 8 nitrogen and oxygen atoms in total. The van der Waals surface area contributed by atoms with E-state index in [1.165, 1.54) is 16.1 Å². The molecule has 2 rings (SSSR count). The highest BCUT2D eigenvalue weighted by atomic mass is 32.2. The molecule has 0 unspecified atom stereocenters. The van der Waals surface area contributed by atoms with Gasteiger partial charge < -0.3 is 4.74 Å². The summed E-state index contributed by atoms with van der Waals surface area (Å²) in [7, 11) is -0.0340. The Bertz CT molecular complexity index is 540. The van der Waals surface area contributed by atoms with Crippen molar-refractivity contribution in [2.45, 2.75) is 37.1 Å². The van der Waals surface area contributed by atoms with E-state index in [4.69, 9.17) is 4.74 Å². The molecule has 21 heavy (non-hydrogen) atoms. The van der Waals surface area contributed by atoms with Gasteiger partial charge in [0.05, 0.1) is 18.4 Å². The van der Waals surface area contributed by atoms with Crippen molar-refractivity contribution in [3.63, 3.8) is 0 Å². The van der Waals surface area contributed by atoms with Gasteiger partial charge in [-0.05, 0) is 29.7 Å². The lowest BCUT2D eigenvalue weighted by Gasteiger charge is -2.11. The third-order valence-electron chi connectivity index (χ3n) is 3.23. The Labute approximate surface area is 129 Å². The van der Waals surface area contributed by atoms with Crippen LogP contribution in [0, 0.1) is 0 Å². The van der Waals surface area contributed by atoms with Gasteiger partial charge in [0.2, 0.25) is 15.2 Å². The molecule has 1 aliphatic heterocycles. The second kappa shape index (κ2) is 7.52. The second-order valence-corrected chi connectivity index (χ2v) is 8.44. The van der Waals surface area contributed by atoms with Crippen molar-refractivity contribution in [2.75, 3.05) is 32.2 Å². The lowest BCUT2D eigenvalue weighted by Crippen LogP contribution is -2.25. The van der Waals surface area contributed by atoms with Crippen molar-refractivity contribution in [3.05, 3.63) is 0 Å². The van der Waals surface area contributed by atoms with Crippen molar-refractivity contribution in [3.8, 4) is 0 Å². The van der Waals surface area contributed by atoms with E-state index in [9.17, 15) is 8.42 Å². The smallest absolute Gasteiger partial charge is 0.213 e. The van der Waals surface area contributed by atoms with Crippen LogP contribution in [0.3, 0.4) is 0 Å². The van der Waals surface area contributed by atoms with Gasteiger partial charge in [-0.3, -0.25) is 0 Å². The zero-order chi connectivity index (χ0) is 15.3. The average Bonchev–Trinajstić information content (AvgIpc) is 3.07. The molecule has 1 atom stereocenters. The van der Waals surface area contributed by atoms with E-state index in [-0.39, 0.29) is 11.9 Å². The maximum Gasteiger partial charge on any atom is 0.213 e. The highest BCUT2D eigenvalue weighted by Gasteiger charge is 2.19. The van der Waals surface area contributed by atoms with E-state index < -0.39 is 10.0 Å². The summed E-state index contributed by atoms with van der Waals surface area (Å²) in [5.41, 5.74) is 0. The third-order valence-corrected chi connectivity index (χ3v) is 6.19. The van der Waals surface area contributed by atoms with Crippen molar-refractivity contribution in [2.24, 2.45) is 0 Å². The summed E-state index contributed by atoms with van der Waals surface area (Å²) in [4.78, 5) is 0. The number of hydrogen-bond acceptors (Lipinski definition) is 7. The van der Waals surface area contributed by atoms with Crippen LogP contribution in [0.15, 0.2) is 5.16 Å². The maximum atomic E-state index is 11.6. The summed E-state index contributed by atoms with van der Waals surface area (Å²) in [6, 6.07) is 0. The molecule has 0 aliphatic carbocycles. The lowest BCUT2D eigenvalue weighted by molar-refractivity contribution is 0.0912. The van der Waals surface area contributed by atoms with Gasteiger partial charge in [-0.25, -0.2) is 17.4 Å². The van der Waals surface area contributed by atoms with E-state index in [1.54, 1.807) is 18.8 Å². The lowest BCUT2D eigenvalue weighted by atomic mass is 10.2. The monoisotopic (exact) mass is 335 g/mol. The van der Waals surface area contributed by atoms with E-state index in [0.29, 0.717) is 23.9 Å². The van der Waals surface area contributed by atoms with Crippen LogP contribution >= 0.6 is 11.8 Å². The Morgan fingerprint density at radius 1 is 1.48 bits per heavy atom. The van der Waals surface area contributed by atoms with Crippen LogP contribution in [-0.4, -0.2) is 71.2 Å². The third kappa shape index (κ3) is 4.90. The van der Waals surface area contributed by atoms with Crippen LogP contribution < -0.4 is 0 Å². The van der Waals surface area contributed by atoms with Gasteiger partial charge in [0.15, 0.2) is 0 Å². The van der Waals surface area contributed by atoms with Crippen LogP contribution in [0.4, 0.5) is 0 Å². The van der Waals surface area contributed by atoms with Crippen molar-refractivity contribution < 1.29 is 13.2 Å². The van der Waals surface area contributed by atoms with Crippen molar-refractivity contribution >= 4 is 21.8 Å². The van der Waals surface area contributed by atoms with Gasteiger partial charge in [-0.1, -0.05) is 11.8 Å². The van der Waals surface area contributed by atoms with E-state index >= 15 is 0 Å². The van der Waals surface area contributed by atoms with Gasteiger partial charge in [0, 0.05) is 26.5 Å². The molecule has 1 aliphatic rings. The summed E-state index contributed by atoms with van der Waals surface area (Å²) >= 11 is 1.48. The molecule has 0 saturated carbocycles. The molecule has 10 heteroatoms. The van der Waals surface area contributed by atoms with E-state index in [0.717, 1.165) is 19.4 Å². The fourth-order valence-corrected chi connectivity index (χ4v) is 3.87. The molecule has 1 saturated heterocycles. The number of hydrogen-bond donors (Lipinski definition) is 0. The molecule has 2 heterocycles. The first kappa shape index (κ1) is 16.7. The minimum Gasteiger partial charge on any atom is -0.376 e. The molecule has 1 fully saturated rings. The number of ether oxygens (including phenoxy) is 1. The fraction of sp³-hybridized carbons (Fsp3) is 0.909. The first-order chi connectivity index (χ1) is 9.99. The molecule has 0 spiro atoms. The molecule has 0 radical (unpaired) electrons. The predicted octanol–water partition coefficient (Wildman–Crippen LogP) is 0.226. The highest BCUT2D eigenvalue weighted by Crippen LogP contribution is 2.19. The van der Waals surface area contributed by atoms with Gasteiger partial charge in [-0.15, -0.1) is 5.10 Å². The number of nitrogens with zero attached hydrogens (tertiary/aromatic N) is 5. The van der Waals surface area contributed by atoms with Gasteiger partial charge in [-0.2, -0.15) is 0 Å². The Morgan fingerprint density at radius 3 is 2.95 bits per heavy atom. The predicted molar refractivity (Wildman–Crippen MR) is 79.6 cm³/mol. The Hall–Kier alpha value is -0.710. The Morgan fingerprint density at radius 2 is 2.29 bits per heavy atom. The number of tetrazole rings is 1. The number of rotatable bonds is 8. The van der Waals surface area contributed by atoms with Gasteiger partial charge in [0.25, 0.3) is 0 Å². The summed E-state index contributed by atoms with van der Waals surface area (Å²) in [5, 5.41) is 12.3. The number of aromatic nitrogens is 4. The minimum absolute atomic E-state index is 0.139. The van der Waals surface area contributed by atoms with E-state index in [1.807, 2.05) is 0 Å². The highest BCUT2D eigenvalue weighted by molar-refractivity contribution is 7.99. The molecule has 0 aromatic carbocycles. The molecule has 0 bridgehead atoms. The summed E-state index contributed by atoms with van der Waals surface area (Å²) in [6.07, 6.45) is 2.86. The quantitative estimate of drug-likeness (QED) is 0.496. The number of thioether (sulfide) groups is 1. The second-order valence-electron chi connectivity index (χ2n) is 5.08. The molecule has 1 aromatic heterocycles. The first-order valence-electron chi connectivity index (χ1n) is 6.90. The summed E-state index contributed by atoms with van der Waals surface area (Å²) in [5.74, 6) is 0.805. The zero-order valence-electron chi connectivity index (χ0n) is 12.3. The van der Waals surface area contributed by atoms with Crippen molar-refractivity contribution in [1.82, 2.24) is 24.5 Å². The summed E-state index contributed by atoms with van der Waals surface area (Å²) in [6.45, 7) is 1.46. The molecule has 0 amide bonds. The van der Waals surface area contributed by atoms with Gasteiger partial charge >= 0.3 is 0 Å². The van der Waals surface area contributed by atoms with Crippen LogP contribution in [0.5, 0.6) is 0 Å². The van der Waals surface area contributed by atoms with Crippen molar-refractivity contribution in [1.29, 1.82) is 0 Å². The maximum absolute atomic E-state index is 11.6. The largest absolute Gasteiger partial charge is 0.376 e. The molecular weight excluding hydrogens is 314 g/mol. The topological polar surface area (TPSA) is 90.2 Å². The zero-order valence-corrected chi connectivity index (χ0v) is 13.9. The van der Waals surface area contributed by atoms with Gasteiger partial charge in [0.1, 0.15) is 0 Å². The standard InChI is InChI=1S/C11H21N5O3S2/c1-15(2)21(17,18)8-4-7-20-11-12-13-14-16(11)9-10-5-3-6-19-10/h10H,3-9H2,1-2H3/t10-/m0/s1. The van der Waals surface area contributed by atoms with Crippen LogP contribution in [0.1, 0.15) is 19.3 Å². The summed E-state index contributed by atoms with van der Waals surface area (Å²) < 4.78 is 31.8. The molecular formula is C11H21N5O3S2.